The summed E-state index contributed by atoms with van der Waals surface area (Å²) in [5.41, 5.74) is 0. The second kappa shape index (κ2) is 4.93. The van der Waals surface area contributed by atoms with E-state index in [0.717, 1.165) is 32.0 Å². The standard InChI is InChI=1S/C10H16N4O/c1-2-15-10-8-12-9(7-13-10)14-5-3-11-4-6-14/h7-8,11H,2-6H2,1H3. The summed E-state index contributed by atoms with van der Waals surface area (Å²) in [6.07, 6.45) is 3.46. The van der Waals surface area contributed by atoms with Crippen LogP contribution < -0.4 is 15.0 Å². The molecule has 0 radical (unpaired) electrons. The molecule has 1 aliphatic rings. The number of hydrogen-bond acceptors (Lipinski definition) is 5. The highest BCUT2D eigenvalue weighted by atomic mass is 16.5. The molecule has 1 fully saturated rings. The van der Waals surface area contributed by atoms with Crippen molar-refractivity contribution in [2.45, 2.75) is 6.92 Å². The minimum absolute atomic E-state index is 0.594. The Morgan fingerprint density at radius 2 is 2.13 bits per heavy atom. The summed E-state index contributed by atoms with van der Waals surface area (Å²) in [6.45, 7) is 6.56. The van der Waals surface area contributed by atoms with Gasteiger partial charge in [-0.1, -0.05) is 0 Å². The van der Waals surface area contributed by atoms with Crippen LogP contribution in [0.3, 0.4) is 0 Å². The van der Waals surface area contributed by atoms with Crippen molar-refractivity contribution in [3.63, 3.8) is 0 Å². The van der Waals surface area contributed by atoms with Gasteiger partial charge in [0.2, 0.25) is 5.88 Å². The van der Waals surface area contributed by atoms with Gasteiger partial charge in [0.25, 0.3) is 0 Å². The van der Waals surface area contributed by atoms with E-state index < -0.39 is 0 Å². The Hall–Kier alpha value is -1.36. The van der Waals surface area contributed by atoms with Gasteiger partial charge >= 0.3 is 0 Å². The average molecular weight is 208 g/mol. The van der Waals surface area contributed by atoms with Crippen molar-refractivity contribution in [3.05, 3.63) is 12.4 Å². The van der Waals surface area contributed by atoms with Crippen LogP contribution in [0.15, 0.2) is 12.4 Å². The van der Waals surface area contributed by atoms with Gasteiger partial charge in [-0.25, -0.2) is 9.97 Å². The Bertz CT molecular complexity index is 295. The Balaban J connectivity index is 2.02. The van der Waals surface area contributed by atoms with Crippen molar-refractivity contribution in [3.8, 4) is 5.88 Å². The second-order valence-electron chi connectivity index (χ2n) is 3.38. The fourth-order valence-electron chi connectivity index (χ4n) is 1.59. The van der Waals surface area contributed by atoms with Gasteiger partial charge in [-0.15, -0.1) is 0 Å². The lowest BCUT2D eigenvalue weighted by atomic mass is 10.3. The zero-order valence-electron chi connectivity index (χ0n) is 8.94. The van der Waals surface area contributed by atoms with Crippen molar-refractivity contribution in [1.82, 2.24) is 15.3 Å². The summed E-state index contributed by atoms with van der Waals surface area (Å²) in [7, 11) is 0. The molecule has 0 unspecified atom stereocenters. The molecule has 15 heavy (non-hydrogen) atoms. The van der Waals surface area contributed by atoms with Crippen molar-refractivity contribution in [2.75, 3.05) is 37.7 Å². The number of hydrogen-bond donors (Lipinski definition) is 1. The van der Waals surface area contributed by atoms with Crippen LogP contribution in [0.4, 0.5) is 5.82 Å². The summed E-state index contributed by atoms with van der Waals surface area (Å²) in [6, 6.07) is 0. The molecule has 0 saturated carbocycles. The Kier molecular flexibility index (Phi) is 3.34. The van der Waals surface area contributed by atoms with E-state index in [2.05, 4.69) is 20.2 Å². The number of rotatable bonds is 3. The number of nitrogens with one attached hydrogen (secondary N) is 1. The number of ether oxygens (including phenoxy) is 1. The lowest BCUT2D eigenvalue weighted by Crippen LogP contribution is -2.43. The van der Waals surface area contributed by atoms with E-state index in [4.69, 9.17) is 4.74 Å². The highest BCUT2D eigenvalue weighted by Crippen LogP contribution is 2.12. The number of nitrogens with zero attached hydrogens (tertiary/aromatic N) is 3. The van der Waals surface area contributed by atoms with Crippen LogP contribution >= 0.6 is 0 Å². The molecule has 1 aromatic rings. The van der Waals surface area contributed by atoms with E-state index in [1.807, 2.05) is 6.92 Å². The number of anilines is 1. The first-order valence-corrected chi connectivity index (χ1v) is 5.30. The van der Waals surface area contributed by atoms with Crippen molar-refractivity contribution >= 4 is 5.82 Å². The van der Waals surface area contributed by atoms with E-state index in [0.29, 0.717) is 12.5 Å². The molecule has 1 aromatic heterocycles. The molecule has 5 nitrogen and oxygen atoms in total. The Labute approximate surface area is 89.5 Å². The summed E-state index contributed by atoms with van der Waals surface area (Å²) in [5.74, 6) is 1.52. The van der Waals surface area contributed by atoms with E-state index in [1.54, 1.807) is 12.4 Å². The maximum atomic E-state index is 5.24. The van der Waals surface area contributed by atoms with Gasteiger partial charge in [0.05, 0.1) is 19.0 Å². The highest BCUT2D eigenvalue weighted by Gasteiger charge is 2.11. The predicted molar refractivity (Wildman–Crippen MR) is 58.3 cm³/mol. The molecule has 0 aromatic carbocycles. The topological polar surface area (TPSA) is 50.3 Å². The smallest absolute Gasteiger partial charge is 0.232 e. The Morgan fingerprint density at radius 3 is 2.73 bits per heavy atom. The van der Waals surface area contributed by atoms with Gasteiger partial charge in [0.1, 0.15) is 5.82 Å². The van der Waals surface area contributed by atoms with Gasteiger partial charge in [0.15, 0.2) is 0 Å². The molecule has 0 spiro atoms. The monoisotopic (exact) mass is 208 g/mol. The second-order valence-corrected chi connectivity index (χ2v) is 3.38. The number of aromatic nitrogens is 2. The molecule has 2 rings (SSSR count). The van der Waals surface area contributed by atoms with Crippen molar-refractivity contribution in [1.29, 1.82) is 0 Å². The molecule has 1 saturated heterocycles. The van der Waals surface area contributed by atoms with Crippen molar-refractivity contribution < 1.29 is 4.74 Å². The average Bonchev–Trinajstić information content (AvgIpc) is 2.32. The first-order chi connectivity index (χ1) is 7.40. The van der Waals surface area contributed by atoms with Gasteiger partial charge in [0, 0.05) is 26.2 Å². The zero-order valence-corrected chi connectivity index (χ0v) is 8.94. The van der Waals surface area contributed by atoms with E-state index >= 15 is 0 Å². The third-order valence-corrected chi connectivity index (χ3v) is 2.35. The maximum Gasteiger partial charge on any atom is 0.232 e. The lowest BCUT2D eigenvalue weighted by molar-refractivity contribution is 0.325. The molecule has 5 heteroatoms. The van der Waals surface area contributed by atoms with E-state index in [-0.39, 0.29) is 0 Å². The quantitative estimate of drug-likeness (QED) is 0.773. The molecule has 0 aliphatic carbocycles. The summed E-state index contributed by atoms with van der Waals surface area (Å²) < 4.78 is 5.24. The molecular formula is C10H16N4O. The van der Waals surface area contributed by atoms with Gasteiger partial charge in [-0.3, -0.25) is 0 Å². The number of piperazine rings is 1. The third kappa shape index (κ3) is 2.56. The summed E-state index contributed by atoms with van der Waals surface area (Å²) >= 11 is 0. The molecule has 82 valence electrons. The lowest BCUT2D eigenvalue weighted by Gasteiger charge is -2.27. The molecule has 0 atom stereocenters. The maximum absolute atomic E-state index is 5.24. The van der Waals surface area contributed by atoms with Crippen LogP contribution in [-0.2, 0) is 0 Å². The van der Waals surface area contributed by atoms with Crippen LogP contribution in [0, 0.1) is 0 Å². The van der Waals surface area contributed by atoms with E-state index in [1.165, 1.54) is 0 Å². The largest absolute Gasteiger partial charge is 0.477 e. The van der Waals surface area contributed by atoms with Gasteiger partial charge in [-0.2, -0.15) is 0 Å². The molecule has 0 bridgehead atoms. The molecule has 0 amide bonds. The Morgan fingerprint density at radius 1 is 1.33 bits per heavy atom. The molecular weight excluding hydrogens is 192 g/mol. The normalized spacial score (nSPS) is 16.5. The molecule has 1 N–H and O–H groups in total. The summed E-state index contributed by atoms with van der Waals surface area (Å²) in [4.78, 5) is 10.7. The van der Waals surface area contributed by atoms with Gasteiger partial charge < -0.3 is 15.0 Å². The van der Waals surface area contributed by atoms with Crippen LogP contribution in [-0.4, -0.2) is 42.8 Å². The van der Waals surface area contributed by atoms with E-state index in [9.17, 15) is 0 Å². The van der Waals surface area contributed by atoms with Gasteiger partial charge in [-0.05, 0) is 6.92 Å². The first-order valence-electron chi connectivity index (χ1n) is 5.30. The minimum atomic E-state index is 0.594. The minimum Gasteiger partial charge on any atom is -0.477 e. The summed E-state index contributed by atoms with van der Waals surface area (Å²) in [5, 5.41) is 3.30. The zero-order chi connectivity index (χ0) is 10.5. The van der Waals surface area contributed by atoms with Crippen molar-refractivity contribution in [2.24, 2.45) is 0 Å². The van der Waals surface area contributed by atoms with Crippen LogP contribution in [0.1, 0.15) is 6.92 Å². The molecule has 2 heterocycles. The van der Waals surface area contributed by atoms with Crippen LogP contribution in [0.2, 0.25) is 0 Å². The fraction of sp³-hybridized carbons (Fsp3) is 0.600. The SMILES string of the molecule is CCOc1cnc(N2CCNCC2)cn1. The highest BCUT2D eigenvalue weighted by molar-refractivity contribution is 5.37. The third-order valence-electron chi connectivity index (χ3n) is 2.35. The van der Waals surface area contributed by atoms with Crippen LogP contribution in [0.25, 0.3) is 0 Å². The molecule has 1 aliphatic heterocycles. The fourth-order valence-corrected chi connectivity index (χ4v) is 1.59. The van der Waals surface area contributed by atoms with Crippen LogP contribution in [0.5, 0.6) is 5.88 Å². The first kappa shape index (κ1) is 10.2. The predicted octanol–water partition coefficient (Wildman–Crippen LogP) is 0.285.